The average Bonchev–Trinajstić information content (AvgIpc) is 2.38. The zero-order chi connectivity index (χ0) is 13.0. The minimum Gasteiger partial charge on any atom is -0.282 e. The molecule has 0 heterocycles. The van der Waals surface area contributed by atoms with E-state index in [1.165, 1.54) is 0 Å². The molecular formula is C13H10Cl2O2S. The fourth-order valence-electron chi connectivity index (χ4n) is 1.32. The molecule has 0 aliphatic rings. The summed E-state index contributed by atoms with van der Waals surface area (Å²) in [5.74, 6) is 0. The third-order valence-electron chi connectivity index (χ3n) is 2.25. The van der Waals surface area contributed by atoms with Gasteiger partial charge < -0.3 is 0 Å². The summed E-state index contributed by atoms with van der Waals surface area (Å²) in [6, 6.07) is 13.9. The molecule has 0 amide bonds. The van der Waals surface area contributed by atoms with Crippen LogP contribution in [0.3, 0.4) is 0 Å². The maximum atomic E-state index is 11.8. The number of rotatable bonds is 4. The molecule has 94 valence electrons. The Balaban J connectivity index is 1.96. The summed E-state index contributed by atoms with van der Waals surface area (Å²) < 4.78 is 17.1. The normalized spacial score (nSPS) is 12.3. The molecule has 2 aromatic rings. The Labute approximate surface area is 118 Å². The highest BCUT2D eigenvalue weighted by Crippen LogP contribution is 2.15. The van der Waals surface area contributed by atoms with Crippen molar-refractivity contribution in [2.24, 2.45) is 0 Å². The van der Waals surface area contributed by atoms with Gasteiger partial charge in [-0.15, -0.1) is 0 Å². The van der Waals surface area contributed by atoms with E-state index in [0.717, 1.165) is 5.56 Å². The summed E-state index contributed by atoms with van der Waals surface area (Å²) in [6.07, 6.45) is 0. The van der Waals surface area contributed by atoms with Gasteiger partial charge in [0.1, 0.15) is 0 Å². The lowest BCUT2D eigenvalue weighted by Crippen LogP contribution is -1.98. The molecular weight excluding hydrogens is 291 g/mol. The van der Waals surface area contributed by atoms with Gasteiger partial charge in [-0.05, 0) is 42.0 Å². The smallest absolute Gasteiger partial charge is 0.189 e. The molecule has 1 atom stereocenters. The lowest BCUT2D eigenvalue weighted by molar-refractivity contribution is 0.337. The molecule has 0 saturated heterocycles. The fraction of sp³-hybridized carbons (Fsp3) is 0.0769. The first-order valence-corrected chi connectivity index (χ1v) is 7.03. The Hall–Kier alpha value is -0.870. The highest BCUT2D eigenvalue weighted by Gasteiger charge is 2.05. The van der Waals surface area contributed by atoms with Crippen LogP contribution in [0.25, 0.3) is 0 Å². The predicted molar refractivity (Wildman–Crippen MR) is 74.1 cm³/mol. The minimum atomic E-state index is -1.49. The van der Waals surface area contributed by atoms with Gasteiger partial charge in [-0.1, -0.05) is 35.3 Å². The van der Waals surface area contributed by atoms with E-state index in [0.29, 0.717) is 14.9 Å². The van der Waals surface area contributed by atoms with Gasteiger partial charge in [-0.25, -0.2) is 4.21 Å². The van der Waals surface area contributed by atoms with Crippen LogP contribution >= 0.6 is 23.2 Å². The Bertz CT molecular complexity index is 538. The van der Waals surface area contributed by atoms with E-state index < -0.39 is 11.1 Å². The molecule has 0 aliphatic heterocycles. The number of hydrogen-bond acceptors (Lipinski definition) is 2. The SMILES string of the molecule is O=S(OCc1ccc(Cl)cc1)c1ccc(Cl)cc1. The molecule has 0 radical (unpaired) electrons. The molecule has 5 heteroatoms. The number of hydrogen-bond donors (Lipinski definition) is 0. The van der Waals surface area contributed by atoms with E-state index in [-0.39, 0.29) is 6.61 Å². The molecule has 1 unspecified atom stereocenters. The van der Waals surface area contributed by atoms with Crippen LogP contribution in [0.4, 0.5) is 0 Å². The molecule has 2 nitrogen and oxygen atoms in total. The van der Waals surface area contributed by atoms with Crippen LogP contribution < -0.4 is 0 Å². The van der Waals surface area contributed by atoms with Gasteiger partial charge in [0.15, 0.2) is 11.1 Å². The molecule has 0 N–H and O–H groups in total. The van der Waals surface area contributed by atoms with Crippen molar-refractivity contribution in [2.45, 2.75) is 11.5 Å². The van der Waals surface area contributed by atoms with Gasteiger partial charge >= 0.3 is 0 Å². The molecule has 0 aliphatic carbocycles. The topological polar surface area (TPSA) is 26.3 Å². The predicted octanol–water partition coefficient (Wildman–Crippen LogP) is 4.23. The van der Waals surface area contributed by atoms with Crippen molar-refractivity contribution in [1.29, 1.82) is 0 Å². The van der Waals surface area contributed by atoms with Crippen LogP contribution in [0.5, 0.6) is 0 Å². The van der Waals surface area contributed by atoms with Crippen molar-refractivity contribution < 1.29 is 8.39 Å². The van der Waals surface area contributed by atoms with Crippen LogP contribution in [0.15, 0.2) is 53.4 Å². The largest absolute Gasteiger partial charge is 0.282 e. The first kappa shape index (κ1) is 13.6. The Kier molecular flexibility index (Phi) is 4.78. The van der Waals surface area contributed by atoms with Crippen LogP contribution in [0.1, 0.15) is 5.56 Å². The molecule has 0 saturated carbocycles. The Morgan fingerprint density at radius 3 is 1.94 bits per heavy atom. The standard InChI is InChI=1S/C13H10Cl2O2S/c14-11-3-1-10(2-4-11)9-17-18(16)13-7-5-12(15)6-8-13/h1-8H,9H2. The quantitative estimate of drug-likeness (QED) is 0.844. The van der Waals surface area contributed by atoms with Crippen molar-refractivity contribution in [2.75, 3.05) is 0 Å². The van der Waals surface area contributed by atoms with Gasteiger partial charge in [0.25, 0.3) is 0 Å². The maximum Gasteiger partial charge on any atom is 0.189 e. The van der Waals surface area contributed by atoms with E-state index in [1.807, 2.05) is 12.1 Å². The van der Waals surface area contributed by atoms with Crippen molar-refractivity contribution in [3.05, 3.63) is 64.1 Å². The Morgan fingerprint density at radius 2 is 1.39 bits per heavy atom. The maximum absolute atomic E-state index is 11.8. The fourth-order valence-corrected chi connectivity index (χ4v) is 2.31. The summed E-state index contributed by atoms with van der Waals surface area (Å²) in [4.78, 5) is 0.591. The second-order valence-electron chi connectivity index (χ2n) is 3.58. The van der Waals surface area contributed by atoms with E-state index in [9.17, 15) is 4.21 Å². The molecule has 2 rings (SSSR count). The van der Waals surface area contributed by atoms with E-state index in [2.05, 4.69) is 0 Å². The third kappa shape index (κ3) is 3.82. The van der Waals surface area contributed by atoms with Gasteiger partial charge in [-0.2, -0.15) is 0 Å². The minimum absolute atomic E-state index is 0.270. The van der Waals surface area contributed by atoms with Gasteiger partial charge in [0.05, 0.1) is 11.5 Å². The molecule has 18 heavy (non-hydrogen) atoms. The summed E-state index contributed by atoms with van der Waals surface area (Å²) in [5, 5.41) is 1.27. The second-order valence-corrected chi connectivity index (χ2v) is 5.63. The Morgan fingerprint density at radius 1 is 0.889 bits per heavy atom. The van der Waals surface area contributed by atoms with Crippen molar-refractivity contribution >= 4 is 34.3 Å². The average molecular weight is 301 g/mol. The molecule has 0 spiro atoms. The zero-order valence-electron chi connectivity index (χ0n) is 9.31. The van der Waals surface area contributed by atoms with Crippen LogP contribution in [0, 0.1) is 0 Å². The van der Waals surface area contributed by atoms with Gasteiger partial charge in [-0.3, -0.25) is 4.18 Å². The molecule has 0 aromatic heterocycles. The number of benzene rings is 2. The van der Waals surface area contributed by atoms with Gasteiger partial charge in [0, 0.05) is 10.0 Å². The second kappa shape index (κ2) is 6.34. The summed E-state index contributed by atoms with van der Waals surface area (Å²) >= 11 is 10.0. The zero-order valence-corrected chi connectivity index (χ0v) is 11.6. The van der Waals surface area contributed by atoms with E-state index in [1.54, 1.807) is 36.4 Å². The number of halogens is 2. The van der Waals surface area contributed by atoms with Gasteiger partial charge in [0.2, 0.25) is 0 Å². The highest BCUT2D eigenvalue weighted by atomic mass is 35.5. The van der Waals surface area contributed by atoms with Crippen LogP contribution in [-0.2, 0) is 21.9 Å². The molecule has 0 bridgehead atoms. The van der Waals surface area contributed by atoms with Crippen molar-refractivity contribution in [3.8, 4) is 0 Å². The first-order chi connectivity index (χ1) is 8.65. The highest BCUT2D eigenvalue weighted by molar-refractivity contribution is 7.80. The monoisotopic (exact) mass is 300 g/mol. The van der Waals surface area contributed by atoms with E-state index in [4.69, 9.17) is 27.4 Å². The van der Waals surface area contributed by atoms with Crippen LogP contribution in [0.2, 0.25) is 10.0 Å². The molecule has 0 fully saturated rings. The lowest BCUT2D eigenvalue weighted by atomic mass is 10.2. The first-order valence-electron chi connectivity index (χ1n) is 5.20. The van der Waals surface area contributed by atoms with E-state index >= 15 is 0 Å². The summed E-state index contributed by atoms with van der Waals surface area (Å²) in [7, 11) is 0. The molecule has 2 aromatic carbocycles. The van der Waals surface area contributed by atoms with Crippen LogP contribution in [-0.4, -0.2) is 4.21 Å². The summed E-state index contributed by atoms with van der Waals surface area (Å²) in [5.41, 5.74) is 0.918. The van der Waals surface area contributed by atoms with Crippen molar-refractivity contribution in [1.82, 2.24) is 0 Å². The summed E-state index contributed by atoms with van der Waals surface area (Å²) in [6.45, 7) is 0.270. The lowest BCUT2D eigenvalue weighted by Gasteiger charge is -2.04. The third-order valence-corrected chi connectivity index (χ3v) is 3.74. The van der Waals surface area contributed by atoms with Crippen molar-refractivity contribution in [3.63, 3.8) is 0 Å².